The Kier molecular flexibility index (Phi) is 4.34. The lowest BCUT2D eigenvalue weighted by Crippen LogP contribution is -2.30. The van der Waals surface area contributed by atoms with Crippen molar-refractivity contribution in [1.29, 1.82) is 0 Å². The van der Waals surface area contributed by atoms with E-state index in [-0.39, 0.29) is 24.1 Å². The lowest BCUT2D eigenvalue weighted by molar-refractivity contribution is -0.120. The van der Waals surface area contributed by atoms with Gasteiger partial charge < -0.3 is 16.0 Å². The predicted molar refractivity (Wildman–Crippen MR) is 74.4 cm³/mol. The largest absolute Gasteiger partial charge is 0.356 e. The predicted octanol–water partition coefficient (Wildman–Crippen LogP) is 0.437. The molecular formula is C14H17N3O3. The van der Waals surface area contributed by atoms with Crippen LogP contribution in [0.15, 0.2) is 18.2 Å². The zero-order chi connectivity index (χ0) is 14.5. The van der Waals surface area contributed by atoms with Crippen LogP contribution in [0, 0.1) is 0 Å². The number of hydrogen-bond donors (Lipinski definition) is 3. The van der Waals surface area contributed by atoms with Crippen LogP contribution in [0.2, 0.25) is 0 Å². The van der Waals surface area contributed by atoms with Gasteiger partial charge >= 0.3 is 0 Å². The summed E-state index contributed by atoms with van der Waals surface area (Å²) in [4.78, 5) is 34.4. The number of carbonyl (C=O) groups is 3. The minimum Gasteiger partial charge on any atom is -0.356 e. The van der Waals surface area contributed by atoms with Gasteiger partial charge in [0.2, 0.25) is 11.8 Å². The van der Waals surface area contributed by atoms with Gasteiger partial charge in [0.25, 0.3) is 5.91 Å². The number of benzene rings is 1. The molecule has 1 aliphatic rings. The Labute approximate surface area is 116 Å². The van der Waals surface area contributed by atoms with Crippen molar-refractivity contribution in [3.63, 3.8) is 0 Å². The Balaban J connectivity index is 1.89. The molecule has 6 heteroatoms. The van der Waals surface area contributed by atoms with Gasteiger partial charge in [-0.2, -0.15) is 0 Å². The van der Waals surface area contributed by atoms with E-state index < -0.39 is 0 Å². The van der Waals surface area contributed by atoms with Crippen molar-refractivity contribution in [1.82, 2.24) is 10.6 Å². The maximum absolute atomic E-state index is 11.9. The summed E-state index contributed by atoms with van der Waals surface area (Å²) in [5, 5.41) is 8.06. The average Bonchev–Trinajstić information content (AvgIpc) is 2.77. The molecule has 2 rings (SSSR count). The van der Waals surface area contributed by atoms with E-state index in [0.29, 0.717) is 25.1 Å². The molecule has 1 aliphatic heterocycles. The minimum atomic E-state index is -0.239. The molecule has 3 N–H and O–H groups in total. The lowest BCUT2D eigenvalue weighted by Gasteiger charge is -2.06. The summed E-state index contributed by atoms with van der Waals surface area (Å²) >= 11 is 0. The van der Waals surface area contributed by atoms with Crippen LogP contribution < -0.4 is 16.0 Å². The molecule has 1 heterocycles. The molecule has 0 spiro atoms. The van der Waals surface area contributed by atoms with Gasteiger partial charge in [-0.25, -0.2) is 0 Å². The summed E-state index contributed by atoms with van der Waals surface area (Å²) in [6.45, 7) is 2.72. The number of rotatable bonds is 5. The first kappa shape index (κ1) is 14.0. The van der Waals surface area contributed by atoms with Gasteiger partial charge in [0.1, 0.15) is 0 Å². The third-order valence-electron chi connectivity index (χ3n) is 3.00. The van der Waals surface area contributed by atoms with Gasteiger partial charge in [-0.1, -0.05) is 0 Å². The van der Waals surface area contributed by atoms with E-state index in [0.717, 1.165) is 11.3 Å². The average molecular weight is 275 g/mol. The Bertz CT molecular complexity index is 555. The zero-order valence-electron chi connectivity index (χ0n) is 11.3. The van der Waals surface area contributed by atoms with Crippen LogP contribution in [0.3, 0.4) is 0 Å². The fraction of sp³-hybridized carbons (Fsp3) is 0.357. The van der Waals surface area contributed by atoms with Crippen molar-refractivity contribution in [2.75, 3.05) is 18.4 Å². The maximum Gasteiger partial charge on any atom is 0.251 e. The summed E-state index contributed by atoms with van der Waals surface area (Å²) in [6.07, 6.45) is 0.555. The smallest absolute Gasteiger partial charge is 0.251 e. The van der Waals surface area contributed by atoms with Crippen molar-refractivity contribution in [2.45, 2.75) is 19.8 Å². The van der Waals surface area contributed by atoms with Gasteiger partial charge in [-0.05, 0) is 30.7 Å². The van der Waals surface area contributed by atoms with E-state index in [1.54, 1.807) is 18.2 Å². The molecule has 6 nitrogen and oxygen atoms in total. The first-order chi connectivity index (χ1) is 9.60. The standard InChI is InChI=1S/C14H17N3O3/c1-2-15-12(18)5-6-16-14(20)9-3-4-11-10(7-9)8-13(19)17-11/h3-4,7H,2,5-6,8H2,1H3,(H,15,18)(H,16,20)(H,17,19). The van der Waals surface area contributed by atoms with Crippen LogP contribution in [0.4, 0.5) is 5.69 Å². The van der Waals surface area contributed by atoms with Crippen LogP contribution in [0.25, 0.3) is 0 Å². The molecule has 0 radical (unpaired) electrons. The van der Waals surface area contributed by atoms with Gasteiger partial charge in [0.15, 0.2) is 0 Å². The van der Waals surface area contributed by atoms with Crippen molar-refractivity contribution in [2.24, 2.45) is 0 Å². The third kappa shape index (κ3) is 3.34. The molecular weight excluding hydrogens is 258 g/mol. The minimum absolute atomic E-state index is 0.0613. The molecule has 0 bridgehead atoms. The highest BCUT2D eigenvalue weighted by Gasteiger charge is 2.18. The molecule has 0 aliphatic carbocycles. The summed E-state index contributed by atoms with van der Waals surface area (Å²) in [5.41, 5.74) is 2.08. The summed E-state index contributed by atoms with van der Waals surface area (Å²) in [7, 11) is 0. The van der Waals surface area contributed by atoms with Crippen LogP contribution >= 0.6 is 0 Å². The molecule has 0 fully saturated rings. The van der Waals surface area contributed by atoms with Crippen LogP contribution in [-0.4, -0.2) is 30.8 Å². The number of carbonyl (C=O) groups excluding carboxylic acids is 3. The van der Waals surface area contributed by atoms with Crippen LogP contribution in [0.1, 0.15) is 29.3 Å². The molecule has 0 atom stereocenters. The van der Waals surface area contributed by atoms with Gasteiger partial charge in [0, 0.05) is 30.8 Å². The van der Waals surface area contributed by atoms with E-state index in [9.17, 15) is 14.4 Å². The number of hydrogen-bond acceptors (Lipinski definition) is 3. The molecule has 3 amide bonds. The van der Waals surface area contributed by atoms with Crippen molar-refractivity contribution in [3.05, 3.63) is 29.3 Å². The van der Waals surface area contributed by atoms with Crippen molar-refractivity contribution >= 4 is 23.4 Å². The second kappa shape index (κ2) is 6.18. The Morgan fingerprint density at radius 3 is 2.85 bits per heavy atom. The highest BCUT2D eigenvalue weighted by molar-refractivity contribution is 6.01. The number of amides is 3. The second-order valence-electron chi connectivity index (χ2n) is 4.56. The Morgan fingerprint density at radius 1 is 1.30 bits per heavy atom. The Morgan fingerprint density at radius 2 is 2.10 bits per heavy atom. The topological polar surface area (TPSA) is 87.3 Å². The molecule has 1 aromatic rings. The molecule has 0 saturated heterocycles. The van der Waals surface area contributed by atoms with E-state index in [1.807, 2.05) is 6.92 Å². The second-order valence-corrected chi connectivity index (χ2v) is 4.56. The summed E-state index contributed by atoms with van der Waals surface area (Å²) < 4.78 is 0. The van der Waals surface area contributed by atoms with E-state index in [2.05, 4.69) is 16.0 Å². The van der Waals surface area contributed by atoms with E-state index in [1.165, 1.54) is 0 Å². The normalized spacial score (nSPS) is 12.6. The van der Waals surface area contributed by atoms with Crippen molar-refractivity contribution < 1.29 is 14.4 Å². The fourth-order valence-electron chi connectivity index (χ4n) is 2.05. The van der Waals surface area contributed by atoms with E-state index >= 15 is 0 Å². The fourth-order valence-corrected chi connectivity index (χ4v) is 2.05. The molecule has 1 aromatic carbocycles. The third-order valence-corrected chi connectivity index (χ3v) is 3.00. The quantitative estimate of drug-likeness (QED) is 0.728. The first-order valence-corrected chi connectivity index (χ1v) is 6.58. The Hall–Kier alpha value is -2.37. The van der Waals surface area contributed by atoms with Crippen molar-refractivity contribution in [3.8, 4) is 0 Å². The summed E-state index contributed by atoms with van der Waals surface area (Å²) in [6, 6.07) is 5.08. The first-order valence-electron chi connectivity index (χ1n) is 6.58. The maximum atomic E-state index is 11.9. The van der Waals surface area contributed by atoms with Gasteiger partial charge in [0.05, 0.1) is 6.42 Å². The molecule has 106 valence electrons. The van der Waals surface area contributed by atoms with E-state index in [4.69, 9.17) is 0 Å². The molecule has 0 unspecified atom stereocenters. The van der Waals surface area contributed by atoms with Crippen LogP contribution in [-0.2, 0) is 16.0 Å². The number of nitrogens with one attached hydrogen (secondary N) is 3. The van der Waals surface area contributed by atoms with Gasteiger partial charge in [-0.3, -0.25) is 14.4 Å². The number of anilines is 1. The number of fused-ring (bicyclic) bond motifs is 1. The molecule has 0 saturated carbocycles. The SMILES string of the molecule is CCNC(=O)CCNC(=O)c1ccc2c(c1)CC(=O)N2. The lowest BCUT2D eigenvalue weighted by atomic mass is 10.1. The van der Waals surface area contributed by atoms with Crippen LogP contribution in [0.5, 0.6) is 0 Å². The summed E-state index contributed by atoms with van der Waals surface area (Å²) in [5.74, 6) is -0.387. The highest BCUT2D eigenvalue weighted by atomic mass is 16.2. The molecule has 20 heavy (non-hydrogen) atoms. The van der Waals surface area contributed by atoms with Gasteiger partial charge in [-0.15, -0.1) is 0 Å². The zero-order valence-corrected chi connectivity index (χ0v) is 11.3. The monoisotopic (exact) mass is 275 g/mol. The molecule has 0 aromatic heterocycles. The highest BCUT2D eigenvalue weighted by Crippen LogP contribution is 2.23.